The van der Waals surface area contributed by atoms with Gasteiger partial charge in [0.2, 0.25) is 10.0 Å². The number of amides is 2. The molecule has 2 N–H and O–H groups in total. The van der Waals surface area contributed by atoms with Crippen molar-refractivity contribution in [2.45, 2.75) is 57.7 Å². The number of aryl methyl sites for hydroxylation is 1. The highest BCUT2D eigenvalue weighted by atomic mass is 32.2. The minimum atomic E-state index is -3.77. The first-order valence-electron chi connectivity index (χ1n) is 10.9. The predicted octanol–water partition coefficient (Wildman–Crippen LogP) is 1.58. The van der Waals surface area contributed by atoms with Crippen molar-refractivity contribution in [2.24, 2.45) is 5.92 Å². The van der Waals surface area contributed by atoms with Gasteiger partial charge in [-0.3, -0.25) is 14.4 Å². The summed E-state index contributed by atoms with van der Waals surface area (Å²) >= 11 is 0. The highest BCUT2D eigenvalue weighted by Crippen LogP contribution is 2.29. The van der Waals surface area contributed by atoms with Gasteiger partial charge in [0.15, 0.2) is 6.17 Å². The molecule has 0 aromatic heterocycles. The van der Waals surface area contributed by atoms with Crippen LogP contribution in [0, 0.1) is 12.8 Å². The van der Waals surface area contributed by atoms with Gasteiger partial charge in [-0.05, 0) is 37.8 Å². The lowest BCUT2D eigenvalue weighted by Crippen LogP contribution is -2.56. The molecule has 32 heavy (non-hydrogen) atoms. The molecule has 2 unspecified atom stereocenters. The summed E-state index contributed by atoms with van der Waals surface area (Å²) in [6.45, 7) is 1.96. The van der Waals surface area contributed by atoms with Crippen LogP contribution in [0.25, 0.3) is 0 Å². The minimum Gasteiger partial charge on any atom is -0.481 e. The largest absolute Gasteiger partial charge is 0.481 e. The first-order chi connectivity index (χ1) is 15.1. The van der Waals surface area contributed by atoms with Crippen molar-refractivity contribution in [1.82, 2.24) is 14.5 Å². The van der Waals surface area contributed by atoms with Gasteiger partial charge >= 0.3 is 5.97 Å². The van der Waals surface area contributed by atoms with Crippen LogP contribution in [0.4, 0.5) is 0 Å². The number of hydrogen-bond acceptors (Lipinski definition) is 5. The number of hydrogen-bond donors (Lipinski definition) is 2. The molecule has 1 saturated carbocycles. The zero-order valence-electron chi connectivity index (χ0n) is 18.5. The van der Waals surface area contributed by atoms with Crippen molar-refractivity contribution in [2.75, 3.05) is 19.3 Å². The van der Waals surface area contributed by atoms with Gasteiger partial charge in [-0.2, -0.15) is 4.31 Å². The van der Waals surface area contributed by atoms with E-state index in [0.717, 1.165) is 48.2 Å². The van der Waals surface area contributed by atoms with Crippen LogP contribution in [0.5, 0.6) is 0 Å². The Balaban J connectivity index is 1.87. The highest BCUT2D eigenvalue weighted by Gasteiger charge is 2.45. The number of sulfonamides is 1. The number of carbonyl (C=O) groups is 3. The lowest BCUT2D eigenvalue weighted by molar-refractivity contribution is -0.138. The van der Waals surface area contributed by atoms with Crippen molar-refractivity contribution < 1.29 is 27.9 Å². The fraction of sp³-hybridized carbons (Fsp3) is 0.591. The van der Waals surface area contributed by atoms with E-state index in [9.17, 15) is 27.9 Å². The summed E-state index contributed by atoms with van der Waals surface area (Å²) in [4.78, 5) is 39.2. The molecular formula is C22H31N3O6S. The van der Waals surface area contributed by atoms with Crippen molar-refractivity contribution in [3.63, 3.8) is 0 Å². The first kappa shape index (κ1) is 24.2. The lowest BCUT2D eigenvalue weighted by atomic mass is 9.82. The number of nitrogens with one attached hydrogen (secondary N) is 1. The molecule has 2 amide bonds. The Labute approximate surface area is 188 Å². The van der Waals surface area contributed by atoms with E-state index in [1.165, 1.54) is 4.90 Å². The number of carboxylic acid groups (broad SMARTS) is 1. The Hall–Kier alpha value is -2.46. The van der Waals surface area contributed by atoms with Gasteiger partial charge in [0.05, 0.1) is 12.7 Å². The fourth-order valence-electron chi connectivity index (χ4n) is 4.62. The van der Waals surface area contributed by atoms with E-state index < -0.39 is 40.0 Å². The second kappa shape index (κ2) is 9.99. The van der Waals surface area contributed by atoms with Crippen LogP contribution >= 0.6 is 0 Å². The second-order valence-electron chi connectivity index (χ2n) is 8.72. The lowest BCUT2D eigenvalue weighted by Gasteiger charge is -2.33. The summed E-state index contributed by atoms with van der Waals surface area (Å²) in [5.74, 6) is -2.12. The maximum Gasteiger partial charge on any atom is 0.305 e. The van der Waals surface area contributed by atoms with Gasteiger partial charge in [0.25, 0.3) is 11.8 Å². The summed E-state index contributed by atoms with van der Waals surface area (Å²) < 4.78 is 25.8. The summed E-state index contributed by atoms with van der Waals surface area (Å²) in [5.41, 5.74) is 1.33. The topological polar surface area (TPSA) is 124 Å². The highest BCUT2D eigenvalue weighted by molar-refractivity contribution is 7.88. The van der Waals surface area contributed by atoms with E-state index in [-0.39, 0.29) is 25.4 Å². The molecule has 10 heteroatoms. The zero-order chi connectivity index (χ0) is 23.5. The van der Waals surface area contributed by atoms with Gasteiger partial charge in [-0.1, -0.05) is 37.0 Å². The molecular weight excluding hydrogens is 434 g/mol. The molecule has 1 aromatic rings. The van der Waals surface area contributed by atoms with Crippen molar-refractivity contribution in [3.05, 3.63) is 35.4 Å². The smallest absolute Gasteiger partial charge is 0.305 e. The summed E-state index contributed by atoms with van der Waals surface area (Å²) in [7, 11) is -3.77. The predicted molar refractivity (Wildman–Crippen MR) is 118 cm³/mol. The van der Waals surface area contributed by atoms with Crippen LogP contribution in [-0.4, -0.2) is 72.1 Å². The third-order valence-electron chi connectivity index (χ3n) is 6.29. The van der Waals surface area contributed by atoms with Gasteiger partial charge in [-0.25, -0.2) is 8.42 Å². The molecule has 1 aliphatic heterocycles. The molecule has 0 radical (unpaired) electrons. The third kappa shape index (κ3) is 5.66. The van der Waals surface area contributed by atoms with E-state index in [2.05, 4.69) is 5.32 Å². The average molecular weight is 466 g/mol. The Morgan fingerprint density at radius 2 is 1.72 bits per heavy atom. The summed E-state index contributed by atoms with van der Waals surface area (Å²) in [6.07, 6.45) is 4.04. The quantitative estimate of drug-likeness (QED) is 0.630. The normalized spacial score (nSPS) is 21.3. The maximum absolute atomic E-state index is 13.3. The van der Waals surface area contributed by atoms with Gasteiger partial charge < -0.3 is 15.3 Å². The van der Waals surface area contributed by atoms with E-state index in [4.69, 9.17) is 0 Å². The zero-order valence-corrected chi connectivity index (χ0v) is 19.3. The number of carboxylic acids is 1. The monoisotopic (exact) mass is 465 g/mol. The summed E-state index contributed by atoms with van der Waals surface area (Å²) in [6, 6.07) is 6.23. The third-order valence-corrected chi connectivity index (χ3v) is 7.52. The van der Waals surface area contributed by atoms with E-state index >= 15 is 0 Å². The molecule has 9 nitrogen and oxygen atoms in total. The molecule has 1 saturated heterocycles. The maximum atomic E-state index is 13.3. The first-order valence-corrected chi connectivity index (χ1v) is 12.8. The number of rotatable bonds is 7. The number of nitrogens with zero attached hydrogens (tertiary/aromatic N) is 2. The van der Waals surface area contributed by atoms with Crippen LogP contribution in [0.15, 0.2) is 24.3 Å². The van der Waals surface area contributed by atoms with Crippen LogP contribution in [0.2, 0.25) is 0 Å². The number of carbonyl (C=O) groups excluding carboxylic acids is 2. The van der Waals surface area contributed by atoms with E-state index in [1.807, 2.05) is 6.92 Å². The van der Waals surface area contributed by atoms with Crippen molar-refractivity contribution in [3.8, 4) is 0 Å². The molecule has 176 valence electrons. The molecule has 3 rings (SSSR count). The van der Waals surface area contributed by atoms with Crippen LogP contribution in [0.3, 0.4) is 0 Å². The van der Waals surface area contributed by atoms with Gasteiger partial charge in [0.1, 0.15) is 0 Å². The van der Waals surface area contributed by atoms with Crippen molar-refractivity contribution in [1.29, 1.82) is 0 Å². The Kier molecular flexibility index (Phi) is 7.55. The molecule has 2 atom stereocenters. The second-order valence-corrected chi connectivity index (χ2v) is 10.7. The van der Waals surface area contributed by atoms with Crippen LogP contribution < -0.4 is 5.32 Å². The SMILES string of the molecule is Cc1ccc(C(=O)N2CCN(S(C)(=O)=O)C2C(=O)NC(CC(=O)O)C2CCCCC2)cc1. The molecule has 0 spiro atoms. The molecule has 0 bridgehead atoms. The number of benzene rings is 1. The molecule has 2 fully saturated rings. The van der Waals surface area contributed by atoms with Crippen molar-refractivity contribution >= 4 is 27.8 Å². The Morgan fingerprint density at radius 1 is 1.09 bits per heavy atom. The van der Waals surface area contributed by atoms with Gasteiger partial charge in [0, 0.05) is 24.7 Å². The summed E-state index contributed by atoms with van der Waals surface area (Å²) in [5, 5.41) is 12.2. The molecule has 2 aliphatic rings. The molecule has 1 aromatic carbocycles. The average Bonchev–Trinajstić information content (AvgIpc) is 3.19. The van der Waals surface area contributed by atoms with Crippen LogP contribution in [-0.2, 0) is 19.6 Å². The van der Waals surface area contributed by atoms with E-state index in [1.54, 1.807) is 24.3 Å². The number of aliphatic carboxylic acids is 1. The molecule has 1 heterocycles. The van der Waals surface area contributed by atoms with Crippen LogP contribution in [0.1, 0.15) is 54.4 Å². The minimum absolute atomic E-state index is 0.00153. The fourth-order valence-corrected chi connectivity index (χ4v) is 5.60. The standard InChI is InChI=1S/C22H31N3O6S/c1-15-8-10-17(11-9-15)22(29)24-12-13-25(32(2,30)31)21(24)20(28)23-18(14-19(26)27)16-6-4-3-5-7-16/h8-11,16,18,21H,3-7,12-14H2,1-2H3,(H,23,28)(H,26,27). The van der Waals surface area contributed by atoms with E-state index in [0.29, 0.717) is 5.56 Å². The Morgan fingerprint density at radius 3 is 2.28 bits per heavy atom. The van der Waals surface area contributed by atoms with Gasteiger partial charge in [-0.15, -0.1) is 0 Å². The molecule has 1 aliphatic carbocycles. The Bertz CT molecular complexity index is 956.